The van der Waals surface area contributed by atoms with Crippen LogP contribution >= 0.6 is 0 Å². The fraction of sp³-hybridized carbons (Fsp3) is 0.118. The standard InChI is InChI=1S/C17H14O7/c1-22-10-5-3-8(7-12(10)23-2)17-16(21)15(20)13-11(24-17)6-4-9(18)14(13)19/h3-7,18-19,21H,1-2H3. The van der Waals surface area contributed by atoms with Crippen LogP contribution in [0.15, 0.2) is 39.5 Å². The molecule has 7 nitrogen and oxygen atoms in total. The summed E-state index contributed by atoms with van der Waals surface area (Å²) < 4.78 is 15.9. The van der Waals surface area contributed by atoms with E-state index in [9.17, 15) is 20.1 Å². The van der Waals surface area contributed by atoms with Crippen LogP contribution < -0.4 is 14.9 Å². The first-order valence-electron chi connectivity index (χ1n) is 6.91. The van der Waals surface area contributed by atoms with Gasteiger partial charge in [0, 0.05) is 5.56 Å². The second-order valence-corrected chi connectivity index (χ2v) is 4.99. The molecule has 3 N–H and O–H groups in total. The number of rotatable bonds is 3. The lowest BCUT2D eigenvalue weighted by molar-refractivity contribution is 0.355. The smallest absolute Gasteiger partial charge is 0.238 e. The summed E-state index contributed by atoms with van der Waals surface area (Å²) in [5.74, 6) is -1.02. The van der Waals surface area contributed by atoms with Gasteiger partial charge in [-0.25, -0.2) is 0 Å². The minimum Gasteiger partial charge on any atom is -0.504 e. The van der Waals surface area contributed by atoms with Gasteiger partial charge in [-0.1, -0.05) is 0 Å². The summed E-state index contributed by atoms with van der Waals surface area (Å²) in [6.45, 7) is 0. The van der Waals surface area contributed by atoms with Gasteiger partial charge < -0.3 is 29.2 Å². The normalized spacial score (nSPS) is 10.8. The summed E-state index contributed by atoms with van der Waals surface area (Å²) >= 11 is 0. The Hall–Kier alpha value is -3.35. The predicted octanol–water partition coefficient (Wildman–Crippen LogP) is 2.59. The second kappa shape index (κ2) is 5.69. The van der Waals surface area contributed by atoms with Gasteiger partial charge >= 0.3 is 0 Å². The molecule has 7 heteroatoms. The van der Waals surface area contributed by atoms with Crippen molar-refractivity contribution in [1.29, 1.82) is 0 Å². The summed E-state index contributed by atoms with van der Waals surface area (Å²) in [5.41, 5.74) is -0.441. The van der Waals surface area contributed by atoms with Gasteiger partial charge in [-0.05, 0) is 30.3 Å². The molecular weight excluding hydrogens is 316 g/mol. The molecule has 124 valence electrons. The number of aromatic hydroxyl groups is 3. The van der Waals surface area contributed by atoms with E-state index < -0.39 is 22.7 Å². The maximum atomic E-state index is 12.3. The van der Waals surface area contributed by atoms with Crippen LogP contribution in [0.25, 0.3) is 22.3 Å². The van der Waals surface area contributed by atoms with E-state index >= 15 is 0 Å². The van der Waals surface area contributed by atoms with E-state index in [4.69, 9.17) is 13.9 Å². The Morgan fingerprint density at radius 1 is 0.917 bits per heavy atom. The molecule has 0 fully saturated rings. The van der Waals surface area contributed by atoms with E-state index in [2.05, 4.69) is 0 Å². The Balaban J connectivity index is 2.30. The Bertz CT molecular complexity index is 988. The van der Waals surface area contributed by atoms with Crippen molar-refractivity contribution in [3.8, 4) is 40.1 Å². The van der Waals surface area contributed by atoms with Crippen LogP contribution in [-0.2, 0) is 0 Å². The van der Waals surface area contributed by atoms with Crippen LogP contribution in [0.4, 0.5) is 0 Å². The predicted molar refractivity (Wildman–Crippen MR) is 86.0 cm³/mol. The molecule has 2 aromatic carbocycles. The first kappa shape index (κ1) is 15.5. The van der Waals surface area contributed by atoms with E-state index in [1.807, 2.05) is 0 Å². The lowest BCUT2D eigenvalue weighted by atomic mass is 10.1. The highest BCUT2D eigenvalue weighted by molar-refractivity contribution is 5.89. The number of hydrogen-bond donors (Lipinski definition) is 3. The average molecular weight is 330 g/mol. The highest BCUT2D eigenvalue weighted by Crippen LogP contribution is 2.39. The molecule has 0 spiro atoms. The molecule has 0 aliphatic rings. The third-order valence-corrected chi connectivity index (χ3v) is 3.63. The van der Waals surface area contributed by atoms with E-state index in [1.165, 1.54) is 26.4 Å². The van der Waals surface area contributed by atoms with Crippen molar-refractivity contribution >= 4 is 11.0 Å². The maximum Gasteiger partial charge on any atom is 0.238 e. The first-order valence-corrected chi connectivity index (χ1v) is 6.91. The van der Waals surface area contributed by atoms with Crippen molar-refractivity contribution in [1.82, 2.24) is 0 Å². The topological polar surface area (TPSA) is 109 Å². The molecule has 24 heavy (non-hydrogen) atoms. The minimum absolute atomic E-state index is 0.0258. The van der Waals surface area contributed by atoms with Gasteiger partial charge in [-0.3, -0.25) is 4.79 Å². The highest BCUT2D eigenvalue weighted by Gasteiger charge is 2.20. The summed E-state index contributed by atoms with van der Waals surface area (Å²) in [5, 5.41) is 29.2. The van der Waals surface area contributed by atoms with Gasteiger partial charge in [-0.2, -0.15) is 0 Å². The number of methoxy groups -OCH3 is 2. The van der Waals surface area contributed by atoms with E-state index in [1.54, 1.807) is 18.2 Å². The molecule has 1 heterocycles. The van der Waals surface area contributed by atoms with E-state index in [0.717, 1.165) is 0 Å². The van der Waals surface area contributed by atoms with Crippen molar-refractivity contribution in [3.05, 3.63) is 40.6 Å². The second-order valence-electron chi connectivity index (χ2n) is 4.99. The molecule has 0 aliphatic heterocycles. The van der Waals surface area contributed by atoms with Gasteiger partial charge in [0.25, 0.3) is 0 Å². The zero-order chi connectivity index (χ0) is 17.4. The number of ether oxygens (including phenoxy) is 2. The first-order chi connectivity index (χ1) is 11.5. The molecule has 0 bridgehead atoms. The molecule has 0 amide bonds. The Morgan fingerprint density at radius 2 is 1.62 bits per heavy atom. The maximum absolute atomic E-state index is 12.3. The third-order valence-electron chi connectivity index (χ3n) is 3.63. The quantitative estimate of drug-likeness (QED) is 0.633. The summed E-state index contributed by atoms with van der Waals surface area (Å²) in [4.78, 5) is 12.3. The Labute approximate surface area is 135 Å². The molecule has 3 aromatic rings. The molecule has 0 unspecified atom stereocenters. The molecular formula is C17H14O7. The summed E-state index contributed by atoms with van der Waals surface area (Å²) in [7, 11) is 2.94. The molecule has 0 radical (unpaired) electrons. The lowest BCUT2D eigenvalue weighted by Gasteiger charge is -2.11. The van der Waals surface area contributed by atoms with Crippen molar-refractivity contribution < 1.29 is 29.2 Å². The number of benzene rings is 2. The minimum atomic E-state index is -0.852. The number of phenols is 2. The zero-order valence-corrected chi connectivity index (χ0v) is 12.9. The SMILES string of the molecule is COc1ccc(-c2oc3ccc(O)c(O)c3c(=O)c2O)cc1OC. The molecule has 0 saturated heterocycles. The fourth-order valence-corrected chi connectivity index (χ4v) is 2.42. The van der Waals surface area contributed by atoms with Crippen LogP contribution in [0, 0.1) is 0 Å². The Kier molecular flexibility index (Phi) is 3.69. The fourth-order valence-electron chi connectivity index (χ4n) is 2.42. The van der Waals surface area contributed by atoms with Gasteiger partial charge in [0.2, 0.25) is 11.2 Å². The Morgan fingerprint density at radius 3 is 2.29 bits per heavy atom. The van der Waals surface area contributed by atoms with Crippen LogP contribution in [0.5, 0.6) is 28.7 Å². The van der Waals surface area contributed by atoms with Gasteiger partial charge in [-0.15, -0.1) is 0 Å². The molecule has 3 rings (SSSR count). The van der Waals surface area contributed by atoms with Crippen LogP contribution in [-0.4, -0.2) is 29.5 Å². The van der Waals surface area contributed by atoms with Crippen LogP contribution in [0.2, 0.25) is 0 Å². The van der Waals surface area contributed by atoms with Crippen LogP contribution in [0.1, 0.15) is 0 Å². The molecule has 0 atom stereocenters. The van der Waals surface area contributed by atoms with E-state index in [0.29, 0.717) is 17.1 Å². The average Bonchev–Trinajstić information content (AvgIpc) is 2.60. The number of phenolic OH excluding ortho intramolecular Hbond substituents is 2. The zero-order valence-electron chi connectivity index (χ0n) is 12.9. The van der Waals surface area contributed by atoms with Gasteiger partial charge in [0.15, 0.2) is 28.8 Å². The lowest BCUT2D eigenvalue weighted by Crippen LogP contribution is -2.03. The van der Waals surface area contributed by atoms with Crippen molar-refractivity contribution in [3.63, 3.8) is 0 Å². The molecule has 1 aromatic heterocycles. The largest absolute Gasteiger partial charge is 0.504 e. The number of fused-ring (bicyclic) bond motifs is 1. The monoisotopic (exact) mass is 330 g/mol. The highest BCUT2D eigenvalue weighted by atomic mass is 16.5. The molecule has 0 saturated carbocycles. The molecule has 0 aliphatic carbocycles. The van der Waals surface area contributed by atoms with Crippen molar-refractivity contribution in [2.24, 2.45) is 0 Å². The number of hydrogen-bond acceptors (Lipinski definition) is 7. The van der Waals surface area contributed by atoms with Crippen molar-refractivity contribution in [2.45, 2.75) is 0 Å². The van der Waals surface area contributed by atoms with Crippen LogP contribution in [0.3, 0.4) is 0 Å². The third kappa shape index (κ3) is 2.26. The van der Waals surface area contributed by atoms with E-state index in [-0.39, 0.29) is 16.7 Å². The summed E-state index contributed by atoms with van der Waals surface area (Å²) in [6.07, 6.45) is 0. The summed E-state index contributed by atoms with van der Waals surface area (Å²) in [6, 6.07) is 7.26. The van der Waals surface area contributed by atoms with Gasteiger partial charge in [0.05, 0.1) is 14.2 Å². The van der Waals surface area contributed by atoms with Gasteiger partial charge in [0.1, 0.15) is 11.0 Å². The van der Waals surface area contributed by atoms with Crippen molar-refractivity contribution in [2.75, 3.05) is 14.2 Å².